The van der Waals surface area contributed by atoms with Gasteiger partial charge in [-0.05, 0) is 54.3 Å². The van der Waals surface area contributed by atoms with Crippen LogP contribution in [0, 0.1) is 19.7 Å². The molecule has 3 heteroatoms. The van der Waals surface area contributed by atoms with Crippen molar-refractivity contribution in [2.45, 2.75) is 19.9 Å². The lowest BCUT2D eigenvalue weighted by atomic mass is 9.96. The molecule has 0 saturated carbocycles. The molecule has 0 heterocycles. The molecule has 0 spiro atoms. The summed E-state index contributed by atoms with van der Waals surface area (Å²) < 4.78 is 18.6. The number of rotatable bonds is 3. The minimum Gasteiger partial charge on any atom is -0.496 e. The molecule has 0 amide bonds. The minimum absolute atomic E-state index is 0.254. The van der Waals surface area contributed by atoms with Gasteiger partial charge < -0.3 is 10.5 Å². The Kier molecular flexibility index (Phi) is 3.86. The first-order chi connectivity index (χ1) is 9.01. The number of hydrogen-bond acceptors (Lipinski definition) is 2. The van der Waals surface area contributed by atoms with Crippen molar-refractivity contribution in [3.05, 3.63) is 64.5 Å². The van der Waals surface area contributed by atoms with Gasteiger partial charge in [0, 0.05) is 0 Å². The third-order valence-electron chi connectivity index (χ3n) is 3.20. The van der Waals surface area contributed by atoms with Crippen molar-refractivity contribution < 1.29 is 9.13 Å². The highest BCUT2D eigenvalue weighted by molar-refractivity contribution is 5.41. The number of nitrogens with two attached hydrogens (primary N) is 1. The first-order valence-corrected chi connectivity index (χ1v) is 6.18. The van der Waals surface area contributed by atoms with E-state index in [4.69, 9.17) is 10.5 Å². The number of ether oxygens (including phenoxy) is 1. The molecule has 0 fully saturated rings. The Morgan fingerprint density at radius 1 is 1.05 bits per heavy atom. The third kappa shape index (κ3) is 2.93. The number of aryl methyl sites for hydroxylation is 2. The summed E-state index contributed by atoms with van der Waals surface area (Å²) in [5.74, 6) is 0.571. The average Bonchev–Trinajstić information content (AvgIpc) is 2.36. The van der Waals surface area contributed by atoms with Gasteiger partial charge in [0.05, 0.1) is 13.2 Å². The zero-order valence-corrected chi connectivity index (χ0v) is 11.4. The second-order valence-corrected chi connectivity index (χ2v) is 4.77. The van der Waals surface area contributed by atoms with Crippen LogP contribution in [-0.2, 0) is 0 Å². The molecule has 19 heavy (non-hydrogen) atoms. The van der Waals surface area contributed by atoms with Crippen molar-refractivity contribution in [2.75, 3.05) is 7.11 Å². The van der Waals surface area contributed by atoms with Gasteiger partial charge in [-0.1, -0.05) is 18.2 Å². The van der Waals surface area contributed by atoms with Crippen molar-refractivity contribution in [1.29, 1.82) is 0 Å². The molecule has 100 valence electrons. The zero-order valence-electron chi connectivity index (χ0n) is 11.4. The van der Waals surface area contributed by atoms with E-state index in [1.807, 2.05) is 38.1 Å². The van der Waals surface area contributed by atoms with E-state index in [9.17, 15) is 4.39 Å². The fraction of sp³-hybridized carbons (Fsp3) is 0.250. The van der Waals surface area contributed by atoms with Crippen molar-refractivity contribution in [1.82, 2.24) is 0 Å². The van der Waals surface area contributed by atoms with Crippen LogP contribution >= 0.6 is 0 Å². The van der Waals surface area contributed by atoms with Crippen LogP contribution in [0.1, 0.15) is 28.3 Å². The highest BCUT2D eigenvalue weighted by Gasteiger charge is 2.12. The van der Waals surface area contributed by atoms with Crippen LogP contribution in [0.5, 0.6) is 5.75 Å². The molecule has 2 aromatic rings. The van der Waals surface area contributed by atoms with Gasteiger partial charge in [0.2, 0.25) is 0 Å². The summed E-state index contributed by atoms with van der Waals surface area (Å²) in [6, 6.07) is 10.3. The fourth-order valence-corrected chi connectivity index (χ4v) is 2.23. The summed E-state index contributed by atoms with van der Waals surface area (Å²) in [4.78, 5) is 0. The van der Waals surface area contributed by atoms with Crippen LogP contribution in [0.25, 0.3) is 0 Å². The predicted molar refractivity (Wildman–Crippen MR) is 74.9 cm³/mol. The number of hydrogen-bond donors (Lipinski definition) is 1. The summed E-state index contributed by atoms with van der Waals surface area (Å²) in [5, 5.41) is 0. The molecule has 2 nitrogen and oxygen atoms in total. The minimum atomic E-state index is -0.334. The summed E-state index contributed by atoms with van der Waals surface area (Å²) in [7, 11) is 1.64. The smallest absolute Gasteiger partial charge is 0.123 e. The van der Waals surface area contributed by atoms with Crippen molar-refractivity contribution >= 4 is 0 Å². The van der Waals surface area contributed by atoms with Crippen LogP contribution in [0.3, 0.4) is 0 Å². The number of benzene rings is 2. The second-order valence-electron chi connectivity index (χ2n) is 4.77. The standard InChI is InChI=1S/C16H18FNO/c1-10-6-13(9-14(17)7-10)16(18)12-4-5-15(19-3)11(2)8-12/h4-9,16H,18H2,1-3H3. The Morgan fingerprint density at radius 3 is 2.37 bits per heavy atom. The lowest BCUT2D eigenvalue weighted by Gasteiger charge is -2.15. The highest BCUT2D eigenvalue weighted by atomic mass is 19.1. The molecule has 0 bridgehead atoms. The van der Waals surface area contributed by atoms with Gasteiger partial charge in [-0.3, -0.25) is 0 Å². The summed E-state index contributed by atoms with van der Waals surface area (Å²) in [6.07, 6.45) is 0. The SMILES string of the molecule is COc1ccc(C(N)c2cc(C)cc(F)c2)cc1C. The number of halogens is 1. The van der Waals surface area contributed by atoms with Gasteiger partial charge in [0.1, 0.15) is 11.6 Å². The van der Waals surface area contributed by atoms with Gasteiger partial charge in [-0.2, -0.15) is 0 Å². The molecule has 0 saturated heterocycles. The van der Waals surface area contributed by atoms with E-state index in [0.717, 1.165) is 28.0 Å². The quantitative estimate of drug-likeness (QED) is 0.915. The summed E-state index contributed by atoms with van der Waals surface area (Å²) in [6.45, 7) is 3.82. The van der Waals surface area contributed by atoms with E-state index in [1.165, 1.54) is 12.1 Å². The van der Waals surface area contributed by atoms with Gasteiger partial charge in [0.25, 0.3) is 0 Å². The van der Waals surface area contributed by atoms with Crippen LogP contribution in [-0.4, -0.2) is 7.11 Å². The van der Waals surface area contributed by atoms with Crippen molar-refractivity contribution in [3.63, 3.8) is 0 Å². The molecule has 2 N–H and O–H groups in total. The molecule has 1 atom stereocenters. The van der Waals surface area contributed by atoms with E-state index >= 15 is 0 Å². The zero-order chi connectivity index (χ0) is 14.0. The molecule has 0 aliphatic carbocycles. The lowest BCUT2D eigenvalue weighted by molar-refractivity contribution is 0.411. The van der Waals surface area contributed by atoms with E-state index in [1.54, 1.807) is 7.11 Å². The normalized spacial score (nSPS) is 12.3. The van der Waals surface area contributed by atoms with Crippen molar-refractivity contribution in [2.24, 2.45) is 5.73 Å². The lowest BCUT2D eigenvalue weighted by Crippen LogP contribution is -2.12. The van der Waals surface area contributed by atoms with Gasteiger partial charge in [-0.25, -0.2) is 4.39 Å². The molecule has 1 unspecified atom stereocenters. The van der Waals surface area contributed by atoms with Gasteiger partial charge in [-0.15, -0.1) is 0 Å². The maximum atomic E-state index is 13.4. The maximum Gasteiger partial charge on any atom is 0.123 e. The van der Waals surface area contributed by atoms with Crippen molar-refractivity contribution in [3.8, 4) is 5.75 Å². The van der Waals surface area contributed by atoms with Crippen LogP contribution < -0.4 is 10.5 Å². The topological polar surface area (TPSA) is 35.2 Å². The summed E-state index contributed by atoms with van der Waals surface area (Å²) in [5.41, 5.74) is 9.82. The Hall–Kier alpha value is -1.87. The van der Waals surface area contributed by atoms with E-state index in [0.29, 0.717) is 0 Å². The molecule has 0 aromatic heterocycles. The first-order valence-electron chi connectivity index (χ1n) is 6.18. The van der Waals surface area contributed by atoms with E-state index in [2.05, 4.69) is 0 Å². The molecule has 2 rings (SSSR count). The highest BCUT2D eigenvalue weighted by Crippen LogP contribution is 2.26. The van der Waals surface area contributed by atoms with Gasteiger partial charge in [0.15, 0.2) is 0 Å². The van der Waals surface area contributed by atoms with Crippen LogP contribution in [0.4, 0.5) is 4.39 Å². The van der Waals surface area contributed by atoms with Crippen LogP contribution in [0.2, 0.25) is 0 Å². The molecular formula is C16H18FNO. The van der Waals surface area contributed by atoms with E-state index in [-0.39, 0.29) is 11.9 Å². The molecular weight excluding hydrogens is 241 g/mol. The number of methoxy groups -OCH3 is 1. The maximum absolute atomic E-state index is 13.4. The molecule has 0 radical (unpaired) electrons. The molecule has 2 aromatic carbocycles. The predicted octanol–water partition coefficient (Wildman–Crippen LogP) is 3.50. The Labute approximate surface area is 113 Å². The Balaban J connectivity index is 2.38. The Morgan fingerprint density at radius 2 is 1.79 bits per heavy atom. The molecule has 0 aliphatic rings. The second kappa shape index (κ2) is 5.41. The largest absolute Gasteiger partial charge is 0.496 e. The first kappa shape index (κ1) is 13.6. The summed E-state index contributed by atoms with van der Waals surface area (Å²) >= 11 is 0. The third-order valence-corrected chi connectivity index (χ3v) is 3.20. The van der Waals surface area contributed by atoms with E-state index < -0.39 is 0 Å². The monoisotopic (exact) mass is 259 g/mol. The van der Waals surface area contributed by atoms with Crippen LogP contribution in [0.15, 0.2) is 36.4 Å². The fourth-order valence-electron chi connectivity index (χ4n) is 2.23. The molecule has 0 aliphatic heterocycles. The average molecular weight is 259 g/mol. The Bertz CT molecular complexity index is 575. The van der Waals surface area contributed by atoms with Gasteiger partial charge >= 0.3 is 0 Å².